The average molecular weight is 247 g/mol. The zero-order chi connectivity index (χ0) is 13.0. The van der Waals surface area contributed by atoms with Crippen molar-refractivity contribution in [1.29, 1.82) is 0 Å². The van der Waals surface area contributed by atoms with Crippen molar-refractivity contribution >= 4 is 11.4 Å². The molecule has 2 aromatic carbocycles. The highest BCUT2D eigenvalue weighted by atomic mass is 19.1. The summed E-state index contributed by atoms with van der Waals surface area (Å²) in [5.74, 6) is 0.769. The molecule has 18 heavy (non-hydrogen) atoms. The maximum atomic E-state index is 13.8. The van der Waals surface area contributed by atoms with Crippen molar-refractivity contribution in [2.45, 2.75) is 0 Å². The molecule has 2 rings (SSSR count). The van der Waals surface area contributed by atoms with E-state index in [-0.39, 0.29) is 5.82 Å². The highest BCUT2D eigenvalue weighted by Gasteiger charge is 2.07. The lowest BCUT2D eigenvalue weighted by Crippen LogP contribution is -1.97. The van der Waals surface area contributed by atoms with E-state index in [1.165, 1.54) is 13.2 Å². The highest BCUT2D eigenvalue weighted by Crippen LogP contribution is 2.29. The minimum atomic E-state index is -0.375. The molecule has 94 valence electrons. The van der Waals surface area contributed by atoms with Crippen LogP contribution in [0.2, 0.25) is 0 Å². The summed E-state index contributed by atoms with van der Waals surface area (Å²) >= 11 is 0. The van der Waals surface area contributed by atoms with Crippen LogP contribution in [0.15, 0.2) is 42.5 Å². The van der Waals surface area contributed by atoms with Crippen LogP contribution in [-0.2, 0) is 0 Å². The Morgan fingerprint density at radius 2 is 1.72 bits per heavy atom. The molecule has 0 heterocycles. The molecule has 0 aromatic heterocycles. The van der Waals surface area contributed by atoms with Crippen LogP contribution in [0.3, 0.4) is 0 Å². The Morgan fingerprint density at radius 1 is 0.944 bits per heavy atom. The van der Waals surface area contributed by atoms with Gasteiger partial charge in [0.05, 0.1) is 25.6 Å². The van der Waals surface area contributed by atoms with E-state index in [1.807, 2.05) is 24.3 Å². The summed E-state index contributed by atoms with van der Waals surface area (Å²) in [4.78, 5) is 0. The van der Waals surface area contributed by atoms with E-state index in [9.17, 15) is 4.39 Å². The van der Waals surface area contributed by atoms with Gasteiger partial charge in [-0.3, -0.25) is 0 Å². The van der Waals surface area contributed by atoms with E-state index in [0.29, 0.717) is 22.9 Å². The second-order valence-electron chi connectivity index (χ2n) is 3.67. The average Bonchev–Trinajstić information content (AvgIpc) is 2.41. The molecule has 0 fully saturated rings. The second-order valence-corrected chi connectivity index (χ2v) is 3.67. The van der Waals surface area contributed by atoms with Crippen molar-refractivity contribution in [3.05, 3.63) is 48.3 Å². The molecular formula is C14H14FNO2. The van der Waals surface area contributed by atoms with Gasteiger partial charge in [0.2, 0.25) is 0 Å². The second kappa shape index (κ2) is 5.40. The third-order valence-corrected chi connectivity index (χ3v) is 2.55. The minimum Gasteiger partial charge on any atom is -0.497 e. The molecule has 0 saturated carbocycles. The molecule has 0 saturated heterocycles. The van der Waals surface area contributed by atoms with Crippen molar-refractivity contribution in [2.24, 2.45) is 0 Å². The number of nitrogens with one attached hydrogen (secondary N) is 1. The summed E-state index contributed by atoms with van der Waals surface area (Å²) in [6.45, 7) is 0. The summed E-state index contributed by atoms with van der Waals surface area (Å²) in [7, 11) is 3.08. The number of para-hydroxylation sites is 2. The lowest BCUT2D eigenvalue weighted by Gasteiger charge is -2.12. The van der Waals surface area contributed by atoms with Gasteiger partial charge in [-0.05, 0) is 24.3 Å². The molecule has 0 amide bonds. The van der Waals surface area contributed by atoms with Crippen LogP contribution in [-0.4, -0.2) is 14.2 Å². The Bertz CT molecular complexity index is 543. The third kappa shape index (κ3) is 2.53. The molecule has 0 aliphatic rings. The van der Waals surface area contributed by atoms with E-state index in [1.54, 1.807) is 19.2 Å². The van der Waals surface area contributed by atoms with Crippen molar-refractivity contribution < 1.29 is 13.9 Å². The Labute approximate surface area is 105 Å². The standard InChI is InChI=1S/C14H14FNO2/c1-17-10-7-8-12(11(15)9-10)16-13-5-3-4-6-14(13)18-2/h3-9,16H,1-2H3. The number of rotatable bonds is 4. The number of ether oxygens (including phenoxy) is 2. The first-order chi connectivity index (χ1) is 8.74. The predicted molar refractivity (Wildman–Crippen MR) is 69.2 cm³/mol. The normalized spacial score (nSPS) is 9.94. The molecule has 0 bridgehead atoms. The van der Waals surface area contributed by atoms with Crippen molar-refractivity contribution in [1.82, 2.24) is 0 Å². The fraction of sp³-hybridized carbons (Fsp3) is 0.143. The van der Waals surface area contributed by atoms with Crippen LogP contribution in [0.1, 0.15) is 0 Å². The molecule has 0 spiro atoms. The first-order valence-corrected chi connectivity index (χ1v) is 5.48. The molecular weight excluding hydrogens is 233 g/mol. The number of methoxy groups -OCH3 is 2. The molecule has 0 aliphatic heterocycles. The van der Waals surface area contributed by atoms with Gasteiger partial charge in [-0.2, -0.15) is 0 Å². The molecule has 0 radical (unpaired) electrons. The van der Waals surface area contributed by atoms with Crippen LogP contribution in [0.4, 0.5) is 15.8 Å². The maximum Gasteiger partial charge on any atom is 0.150 e. The molecule has 1 N–H and O–H groups in total. The molecule has 3 nitrogen and oxygen atoms in total. The number of benzene rings is 2. The lowest BCUT2D eigenvalue weighted by molar-refractivity contribution is 0.411. The topological polar surface area (TPSA) is 30.5 Å². The minimum absolute atomic E-state index is 0.375. The van der Waals surface area contributed by atoms with E-state index in [0.717, 1.165) is 0 Å². The van der Waals surface area contributed by atoms with E-state index >= 15 is 0 Å². The van der Waals surface area contributed by atoms with Crippen molar-refractivity contribution in [3.8, 4) is 11.5 Å². The van der Waals surface area contributed by atoms with Crippen LogP contribution in [0.5, 0.6) is 11.5 Å². The summed E-state index contributed by atoms with van der Waals surface area (Å²) in [6, 6.07) is 12.0. The zero-order valence-corrected chi connectivity index (χ0v) is 10.2. The quantitative estimate of drug-likeness (QED) is 0.895. The number of anilines is 2. The van der Waals surface area contributed by atoms with Crippen LogP contribution in [0, 0.1) is 5.82 Å². The monoisotopic (exact) mass is 247 g/mol. The highest BCUT2D eigenvalue weighted by molar-refractivity contribution is 5.66. The zero-order valence-electron chi connectivity index (χ0n) is 10.2. The summed E-state index contributed by atoms with van der Waals surface area (Å²) in [6.07, 6.45) is 0. The number of hydrogen-bond acceptors (Lipinski definition) is 3. The maximum absolute atomic E-state index is 13.8. The van der Waals surface area contributed by atoms with E-state index < -0.39 is 0 Å². The Morgan fingerprint density at radius 3 is 2.39 bits per heavy atom. The van der Waals surface area contributed by atoms with Crippen LogP contribution >= 0.6 is 0 Å². The number of hydrogen-bond donors (Lipinski definition) is 1. The summed E-state index contributed by atoms with van der Waals surface area (Å²) < 4.78 is 23.9. The van der Waals surface area contributed by atoms with Gasteiger partial charge in [0.15, 0.2) is 0 Å². The Kier molecular flexibility index (Phi) is 3.67. The number of halogens is 1. The van der Waals surface area contributed by atoms with Gasteiger partial charge in [0, 0.05) is 6.07 Å². The molecule has 4 heteroatoms. The van der Waals surface area contributed by atoms with Gasteiger partial charge in [0.1, 0.15) is 17.3 Å². The van der Waals surface area contributed by atoms with Crippen LogP contribution < -0.4 is 14.8 Å². The molecule has 0 unspecified atom stereocenters. The SMILES string of the molecule is COc1ccc(Nc2ccccc2OC)c(F)c1. The smallest absolute Gasteiger partial charge is 0.150 e. The first kappa shape index (κ1) is 12.2. The van der Waals surface area contributed by atoms with E-state index in [2.05, 4.69) is 5.32 Å². The summed E-state index contributed by atoms with van der Waals surface area (Å²) in [5.41, 5.74) is 1.09. The third-order valence-electron chi connectivity index (χ3n) is 2.55. The fourth-order valence-corrected chi connectivity index (χ4v) is 1.62. The summed E-state index contributed by atoms with van der Waals surface area (Å²) in [5, 5.41) is 2.99. The van der Waals surface area contributed by atoms with Gasteiger partial charge in [-0.1, -0.05) is 12.1 Å². The largest absolute Gasteiger partial charge is 0.497 e. The van der Waals surface area contributed by atoms with Gasteiger partial charge in [0.25, 0.3) is 0 Å². The van der Waals surface area contributed by atoms with E-state index in [4.69, 9.17) is 9.47 Å². The Balaban J connectivity index is 2.28. The molecule has 0 aliphatic carbocycles. The van der Waals surface area contributed by atoms with Gasteiger partial charge in [-0.15, -0.1) is 0 Å². The van der Waals surface area contributed by atoms with Gasteiger partial charge in [-0.25, -0.2) is 4.39 Å². The molecule has 2 aromatic rings. The molecule has 0 atom stereocenters. The van der Waals surface area contributed by atoms with Gasteiger partial charge < -0.3 is 14.8 Å². The first-order valence-electron chi connectivity index (χ1n) is 5.48. The van der Waals surface area contributed by atoms with Gasteiger partial charge >= 0.3 is 0 Å². The van der Waals surface area contributed by atoms with Crippen molar-refractivity contribution in [3.63, 3.8) is 0 Å². The fourth-order valence-electron chi connectivity index (χ4n) is 1.62. The Hall–Kier alpha value is -2.23. The van der Waals surface area contributed by atoms with Crippen LogP contribution in [0.25, 0.3) is 0 Å². The predicted octanol–water partition coefficient (Wildman–Crippen LogP) is 3.59. The van der Waals surface area contributed by atoms with Crippen molar-refractivity contribution in [2.75, 3.05) is 19.5 Å². The lowest BCUT2D eigenvalue weighted by atomic mass is 10.2.